The van der Waals surface area contributed by atoms with Crippen molar-refractivity contribution in [2.75, 3.05) is 54.5 Å². The Balaban J connectivity index is 2.03. The van der Waals surface area contributed by atoms with Gasteiger partial charge in [-0.25, -0.2) is 9.78 Å². The summed E-state index contributed by atoms with van der Waals surface area (Å²) in [6, 6.07) is 4.04. The molecular weight excluding hydrogens is 382 g/mol. The molecule has 9 nitrogen and oxygen atoms in total. The van der Waals surface area contributed by atoms with Gasteiger partial charge >= 0.3 is 5.69 Å². The Morgan fingerprint density at radius 2 is 1.87 bits per heavy atom. The van der Waals surface area contributed by atoms with E-state index in [-0.39, 0.29) is 5.69 Å². The Bertz CT molecular complexity index is 1130. The van der Waals surface area contributed by atoms with Gasteiger partial charge in [0, 0.05) is 13.1 Å². The lowest BCUT2D eigenvalue weighted by atomic mass is 10.1. The third-order valence-electron chi connectivity index (χ3n) is 5.52. The highest BCUT2D eigenvalue weighted by Crippen LogP contribution is 2.24. The van der Waals surface area contributed by atoms with Crippen LogP contribution in [0, 0.1) is 13.8 Å². The van der Waals surface area contributed by atoms with E-state index in [1.54, 1.807) is 0 Å². The first-order chi connectivity index (χ1) is 14.1. The topological polar surface area (TPSA) is 95.9 Å². The summed E-state index contributed by atoms with van der Waals surface area (Å²) in [7, 11) is 8.42. The molecule has 0 atom stereocenters. The molecule has 0 aromatic heterocycles. The number of quaternary nitrogens is 1. The summed E-state index contributed by atoms with van der Waals surface area (Å²) >= 11 is 0. The summed E-state index contributed by atoms with van der Waals surface area (Å²) in [4.78, 5) is 37.5. The normalized spacial score (nSPS) is 12.4. The van der Waals surface area contributed by atoms with Crippen LogP contribution in [0.5, 0.6) is 0 Å². The van der Waals surface area contributed by atoms with E-state index in [0.29, 0.717) is 12.4 Å². The number of likely N-dealkylation sites (N-methyl/N-ethyl adjacent to an activating group) is 3. The van der Waals surface area contributed by atoms with E-state index < -0.39 is 11.2 Å². The Labute approximate surface area is 176 Å². The lowest BCUT2D eigenvalue weighted by Crippen LogP contribution is -2.50. The van der Waals surface area contributed by atoms with Crippen LogP contribution in [0.1, 0.15) is 11.1 Å². The zero-order valence-electron chi connectivity index (χ0n) is 18.7. The van der Waals surface area contributed by atoms with Gasteiger partial charge in [-0.3, -0.25) is 14.7 Å². The van der Waals surface area contributed by atoms with Gasteiger partial charge in [-0.15, -0.1) is 0 Å². The second-order valence-electron chi connectivity index (χ2n) is 8.72. The molecule has 0 amide bonds. The number of aromatic nitrogens is 4. The van der Waals surface area contributed by atoms with E-state index in [1.807, 2.05) is 31.5 Å². The van der Waals surface area contributed by atoms with Crippen LogP contribution in [0.4, 0.5) is 0 Å². The molecule has 0 radical (unpaired) electrons. The number of nitrogens with one attached hydrogen (secondary N) is 2. The molecule has 1 aromatic carbocycles. The number of H-pyrrole nitrogens is 1. The molecule has 3 rings (SSSR count). The van der Waals surface area contributed by atoms with Gasteiger partial charge in [0.2, 0.25) is 0 Å². The fourth-order valence-electron chi connectivity index (χ4n) is 3.74. The van der Waals surface area contributed by atoms with Crippen LogP contribution in [-0.2, 0) is 6.54 Å². The van der Waals surface area contributed by atoms with Gasteiger partial charge in [-0.1, -0.05) is 0 Å². The quantitative estimate of drug-likeness (QED) is 0.314. The SMILES string of the molecule is CNCCN(C)C[N+](C)(C)CCn1c2nc(=O)[nH]c(=O)c-2nc2cc(C)c(C)cc21. The Morgan fingerprint density at radius 3 is 2.57 bits per heavy atom. The van der Waals surface area contributed by atoms with Crippen LogP contribution < -0.4 is 16.6 Å². The van der Waals surface area contributed by atoms with Gasteiger partial charge in [0.05, 0.1) is 38.2 Å². The molecule has 0 saturated carbocycles. The van der Waals surface area contributed by atoms with E-state index in [0.717, 1.165) is 52.9 Å². The van der Waals surface area contributed by atoms with E-state index >= 15 is 0 Å². The van der Waals surface area contributed by atoms with Crippen molar-refractivity contribution in [1.29, 1.82) is 0 Å². The maximum atomic E-state index is 12.4. The zero-order chi connectivity index (χ0) is 22.1. The predicted molar refractivity (Wildman–Crippen MR) is 119 cm³/mol. The van der Waals surface area contributed by atoms with Gasteiger partial charge in [-0.05, 0) is 51.2 Å². The molecule has 162 valence electrons. The smallest absolute Gasteiger partial charge is 0.318 e. The zero-order valence-corrected chi connectivity index (χ0v) is 18.7. The van der Waals surface area contributed by atoms with E-state index in [2.05, 4.69) is 52.4 Å². The van der Waals surface area contributed by atoms with Crippen molar-refractivity contribution in [3.63, 3.8) is 0 Å². The molecule has 0 unspecified atom stereocenters. The van der Waals surface area contributed by atoms with Gasteiger partial charge in [0.25, 0.3) is 5.56 Å². The molecule has 30 heavy (non-hydrogen) atoms. The highest BCUT2D eigenvalue weighted by Gasteiger charge is 2.23. The molecule has 9 heteroatoms. The number of rotatable bonds is 8. The van der Waals surface area contributed by atoms with Crippen LogP contribution in [0.25, 0.3) is 22.6 Å². The van der Waals surface area contributed by atoms with Crippen LogP contribution in [0.15, 0.2) is 21.7 Å². The number of hydrogen-bond donors (Lipinski definition) is 2. The first kappa shape index (κ1) is 22.1. The minimum absolute atomic E-state index is 0.196. The molecule has 2 aliphatic heterocycles. The van der Waals surface area contributed by atoms with Crippen molar-refractivity contribution in [3.8, 4) is 11.5 Å². The summed E-state index contributed by atoms with van der Waals surface area (Å²) in [5, 5.41) is 3.17. The molecule has 0 spiro atoms. The summed E-state index contributed by atoms with van der Waals surface area (Å²) < 4.78 is 2.73. The summed E-state index contributed by atoms with van der Waals surface area (Å²) in [5.41, 5.74) is 2.89. The number of aromatic amines is 1. The average molecular weight is 415 g/mol. The molecule has 0 fully saturated rings. The molecule has 1 aromatic rings. The van der Waals surface area contributed by atoms with Crippen LogP contribution in [0.2, 0.25) is 0 Å². The standard InChI is InChI=1S/C21H31N7O2/c1-14-11-16-17(12-15(14)2)27(19-18(23-16)20(29)25-21(30)24-19)9-10-28(5,6)13-26(4)8-7-22-3/h11-12,22H,7-10,13H2,1-6H3/p+1. The fourth-order valence-corrected chi connectivity index (χ4v) is 3.74. The van der Waals surface area contributed by atoms with E-state index in [9.17, 15) is 9.59 Å². The lowest BCUT2D eigenvalue weighted by molar-refractivity contribution is -0.900. The number of fused-ring (bicyclic) bond motifs is 2. The largest absolute Gasteiger partial charge is 0.349 e. The molecule has 0 saturated heterocycles. The second kappa shape index (κ2) is 8.63. The first-order valence-electron chi connectivity index (χ1n) is 10.2. The van der Waals surface area contributed by atoms with Gasteiger partial charge in [0.1, 0.15) is 6.67 Å². The van der Waals surface area contributed by atoms with Crippen molar-refractivity contribution in [2.24, 2.45) is 0 Å². The highest BCUT2D eigenvalue weighted by atomic mass is 16.2. The van der Waals surface area contributed by atoms with Crippen molar-refractivity contribution in [3.05, 3.63) is 44.1 Å². The summed E-state index contributed by atoms with van der Waals surface area (Å²) in [6.45, 7) is 8.25. The molecular formula is C21H32N7O2+. The maximum absolute atomic E-state index is 12.4. The Kier molecular flexibility index (Phi) is 6.35. The van der Waals surface area contributed by atoms with Gasteiger partial charge in [0.15, 0.2) is 11.5 Å². The van der Waals surface area contributed by atoms with E-state index in [4.69, 9.17) is 0 Å². The second-order valence-corrected chi connectivity index (χ2v) is 8.72. The Morgan fingerprint density at radius 1 is 1.17 bits per heavy atom. The number of nitrogens with zero attached hydrogens (tertiary/aromatic N) is 5. The highest BCUT2D eigenvalue weighted by molar-refractivity contribution is 5.81. The minimum Gasteiger partial charge on any atom is -0.318 e. The van der Waals surface area contributed by atoms with Crippen molar-refractivity contribution >= 4 is 11.0 Å². The lowest BCUT2D eigenvalue weighted by Gasteiger charge is -2.34. The van der Waals surface area contributed by atoms with Crippen molar-refractivity contribution < 1.29 is 4.48 Å². The van der Waals surface area contributed by atoms with Crippen LogP contribution in [0.3, 0.4) is 0 Å². The number of hydrogen-bond acceptors (Lipinski definition) is 6. The molecule has 2 aliphatic rings. The molecule has 0 bridgehead atoms. The summed E-state index contributed by atoms with van der Waals surface area (Å²) in [5.74, 6) is 0.336. The minimum atomic E-state index is -0.646. The summed E-state index contributed by atoms with van der Waals surface area (Å²) in [6.07, 6.45) is 0. The Hall–Kier alpha value is -2.62. The molecule has 2 heterocycles. The van der Waals surface area contributed by atoms with E-state index in [1.165, 1.54) is 0 Å². The van der Waals surface area contributed by atoms with Gasteiger partial charge < -0.3 is 14.4 Å². The predicted octanol–water partition coefficient (Wildman–Crippen LogP) is 0.387. The third-order valence-corrected chi connectivity index (χ3v) is 5.52. The number of benzene rings is 1. The number of aryl methyl sites for hydroxylation is 2. The van der Waals surface area contributed by atoms with Crippen LogP contribution in [-0.4, -0.2) is 83.4 Å². The average Bonchev–Trinajstić information content (AvgIpc) is 2.65. The molecule has 0 aliphatic carbocycles. The monoisotopic (exact) mass is 414 g/mol. The maximum Gasteiger partial charge on any atom is 0.349 e. The fraction of sp³-hybridized carbons (Fsp3) is 0.524. The molecule has 2 N–H and O–H groups in total. The van der Waals surface area contributed by atoms with Crippen molar-refractivity contribution in [2.45, 2.75) is 20.4 Å². The first-order valence-corrected chi connectivity index (χ1v) is 10.2. The van der Waals surface area contributed by atoms with Crippen molar-refractivity contribution in [1.82, 2.24) is 29.7 Å². The van der Waals surface area contributed by atoms with Gasteiger partial charge in [-0.2, -0.15) is 4.98 Å². The third kappa shape index (κ3) is 4.75. The van der Waals surface area contributed by atoms with Crippen LogP contribution >= 0.6 is 0 Å².